The van der Waals surface area contributed by atoms with Gasteiger partial charge in [-0.3, -0.25) is 4.79 Å². The van der Waals surface area contributed by atoms with Crippen LogP contribution in [0.3, 0.4) is 0 Å². The number of rotatable bonds is 2. The molecule has 1 amide bonds. The van der Waals surface area contributed by atoms with E-state index in [4.69, 9.17) is 14.6 Å². The van der Waals surface area contributed by atoms with Crippen molar-refractivity contribution in [3.05, 3.63) is 0 Å². The highest BCUT2D eigenvalue weighted by atomic mass is 16.6. The molecule has 1 N–H and O–H groups in total. The summed E-state index contributed by atoms with van der Waals surface area (Å²) < 4.78 is 10.9. The van der Waals surface area contributed by atoms with Gasteiger partial charge in [-0.05, 0) is 33.1 Å². The van der Waals surface area contributed by atoms with Gasteiger partial charge in [0.15, 0.2) is 0 Å². The topological polar surface area (TPSA) is 76.1 Å². The molecule has 3 atom stereocenters. The predicted octanol–water partition coefficient (Wildman–Crippen LogP) is 1.73. The Morgan fingerprint density at radius 1 is 1.40 bits per heavy atom. The van der Waals surface area contributed by atoms with E-state index < -0.39 is 11.6 Å². The molecule has 6 nitrogen and oxygen atoms in total. The number of aliphatic carboxylic acids is 1. The molecular formula is C14H23NO5. The minimum atomic E-state index is -0.828. The number of ether oxygens (including phenoxy) is 2. The van der Waals surface area contributed by atoms with Crippen LogP contribution in [0.25, 0.3) is 0 Å². The number of carbonyl (C=O) groups excluding carboxylic acids is 1. The molecule has 0 spiro atoms. The maximum Gasteiger partial charge on any atom is 0.410 e. The van der Waals surface area contributed by atoms with E-state index in [2.05, 4.69) is 0 Å². The number of piperidine rings is 1. The minimum absolute atomic E-state index is 0.0492. The lowest BCUT2D eigenvalue weighted by Crippen LogP contribution is -2.46. The maximum absolute atomic E-state index is 12.0. The Labute approximate surface area is 119 Å². The molecule has 0 aliphatic carbocycles. The number of carboxylic acid groups (broad SMARTS) is 1. The van der Waals surface area contributed by atoms with Crippen molar-refractivity contribution in [3.8, 4) is 0 Å². The number of fused-ring (bicyclic) bond motifs is 1. The molecular weight excluding hydrogens is 262 g/mol. The van der Waals surface area contributed by atoms with E-state index in [0.717, 1.165) is 6.42 Å². The fraction of sp³-hybridized carbons (Fsp3) is 0.857. The number of carbonyl (C=O) groups is 2. The van der Waals surface area contributed by atoms with Crippen molar-refractivity contribution in [2.24, 2.45) is 11.8 Å². The molecule has 0 aromatic rings. The second-order valence-corrected chi connectivity index (χ2v) is 6.61. The molecule has 0 bridgehead atoms. The van der Waals surface area contributed by atoms with Crippen LogP contribution in [-0.4, -0.2) is 53.5 Å². The number of hydrogen-bond acceptors (Lipinski definition) is 4. The van der Waals surface area contributed by atoms with E-state index >= 15 is 0 Å². The van der Waals surface area contributed by atoms with E-state index in [1.54, 1.807) is 4.90 Å². The van der Waals surface area contributed by atoms with Crippen molar-refractivity contribution in [2.75, 3.05) is 19.7 Å². The van der Waals surface area contributed by atoms with Gasteiger partial charge in [0.25, 0.3) is 0 Å². The summed E-state index contributed by atoms with van der Waals surface area (Å²) >= 11 is 0. The van der Waals surface area contributed by atoms with Crippen molar-refractivity contribution in [2.45, 2.75) is 45.3 Å². The second kappa shape index (κ2) is 5.60. The zero-order chi connectivity index (χ0) is 14.9. The molecule has 2 saturated heterocycles. The van der Waals surface area contributed by atoms with Gasteiger partial charge in [-0.25, -0.2) is 4.79 Å². The van der Waals surface area contributed by atoms with Crippen LogP contribution in [0.15, 0.2) is 0 Å². The van der Waals surface area contributed by atoms with Crippen molar-refractivity contribution in [3.63, 3.8) is 0 Å². The average molecular weight is 285 g/mol. The second-order valence-electron chi connectivity index (χ2n) is 6.61. The van der Waals surface area contributed by atoms with Gasteiger partial charge in [-0.2, -0.15) is 0 Å². The third kappa shape index (κ3) is 3.62. The molecule has 0 aromatic carbocycles. The Hall–Kier alpha value is -1.30. The lowest BCUT2D eigenvalue weighted by atomic mass is 9.83. The highest BCUT2D eigenvalue weighted by molar-refractivity contribution is 5.68. The number of likely N-dealkylation sites (tertiary alicyclic amines) is 1. The van der Waals surface area contributed by atoms with Crippen LogP contribution in [0.5, 0.6) is 0 Å². The van der Waals surface area contributed by atoms with Crippen LogP contribution < -0.4 is 0 Å². The van der Waals surface area contributed by atoms with Gasteiger partial charge < -0.3 is 19.5 Å². The third-order valence-electron chi connectivity index (χ3n) is 3.82. The van der Waals surface area contributed by atoms with Crippen LogP contribution in [0.2, 0.25) is 0 Å². The third-order valence-corrected chi connectivity index (χ3v) is 3.82. The molecule has 20 heavy (non-hydrogen) atoms. The van der Waals surface area contributed by atoms with E-state index in [9.17, 15) is 9.59 Å². The Bertz CT molecular complexity index is 390. The van der Waals surface area contributed by atoms with Crippen LogP contribution >= 0.6 is 0 Å². The van der Waals surface area contributed by atoms with Crippen molar-refractivity contribution in [1.29, 1.82) is 0 Å². The Morgan fingerprint density at radius 3 is 2.70 bits per heavy atom. The first-order chi connectivity index (χ1) is 9.26. The van der Waals surface area contributed by atoms with Crippen LogP contribution in [0, 0.1) is 11.8 Å². The van der Waals surface area contributed by atoms with Crippen LogP contribution in [0.1, 0.15) is 33.6 Å². The predicted molar refractivity (Wildman–Crippen MR) is 71.4 cm³/mol. The molecule has 0 aromatic heterocycles. The zero-order valence-electron chi connectivity index (χ0n) is 12.3. The van der Waals surface area contributed by atoms with E-state index in [0.29, 0.717) is 19.7 Å². The Balaban J connectivity index is 1.90. The quantitative estimate of drug-likeness (QED) is 0.836. The van der Waals surface area contributed by atoms with Crippen LogP contribution in [-0.2, 0) is 14.3 Å². The minimum Gasteiger partial charge on any atom is -0.481 e. The number of carboxylic acids is 1. The Kier molecular flexibility index (Phi) is 4.22. The molecule has 2 aliphatic rings. The van der Waals surface area contributed by atoms with E-state index in [-0.39, 0.29) is 30.5 Å². The summed E-state index contributed by atoms with van der Waals surface area (Å²) in [6, 6.07) is 0. The van der Waals surface area contributed by atoms with Gasteiger partial charge >= 0.3 is 12.1 Å². The van der Waals surface area contributed by atoms with Crippen LogP contribution in [0.4, 0.5) is 4.79 Å². The number of hydrogen-bond donors (Lipinski definition) is 1. The average Bonchev–Trinajstić information content (AvgIpc) is 2.69. The van der Waals surface area contributed by atoms with Gasteiger partial charge in [-0.15, -0.1) is 0 Å². The summed E-state index contributed by atoms with van der Waals surface area (Å²) in [4.78, 5) is 24.5. The van der Waals surface area contributed by atoms with Gasteiger partial charge in [0, 0.05) is 19.0 Å². The van der Waals surface area contributed by atoms with Gasteiger partial charge in [0.05, 0.1) is 19.1 Å². The number of amides is 1. The van der Waals surface area contributed by atoms with Crippen molar-refractivity contribution < 1.29 is 24.2 Å². The van der Waals surface area contributed by atoms with Gasteiger partial charge in [-0.1, -0.05) is 0 Å². The molecule has 0 saturated carbocycles. The lowest BCUT2D eigenvalue weighted by Gasteiger charge is -2.36. The van der Waals surface area contributed by atoms with Crippen molar-refractivity contribution >= 4 is 12.1 Å². The van der Waals surface area contributed by atoms with E-state index in [1.165, 1.54) is 0 Å². The molecule has 2 heterocycles. The normalized spacial score (nSPS) is 29.9. The standard InChI is InChI=1S/C14H23NO5/c1-14(2,3)20-13(18)15-5-4-10-9(7-15)8-19-11(10)6-12(16)17/h9-11H,4-8H2,1-3H3,(H,16,17)/t9-,10-,11?/m1/s1. The number of nitrogens with zero attached hydrogens (tertiary/aromatic N) is 1. The molecule has 0 radical (unpaired) electrons. The van der Waals surface area contributed by atoms with Gasteiger partial charge in [0.1, 0.15) is 5.60 Å². The summed E-state index contributed by atoms with van der Waals surface area (Å²) in [6.07, 6.45) is 0.325. The lowest BCUT2D eigenvalue weighted by molar-refractivity contribution is -0.140. The van der Waals surface area contributed by atoms with Crippen molar-refractivity contribution in [1.82, 2.24) is 4.90 Å². The molecule has 2 aliphatic heterocycles. The Morgan fingerprint density at radius 2 is 2.10 bits per heavy atom. The summed E-state index contributed by atoms with van der Waals surface area (Å²) in [7, 11) is 0. The fourth-order valence-electron chi connectivity index (χ4n) is 2.96. The summed E-state index contributed by atoms with van der Waals surface area (Å²) in [6.45, 7) is 7.27. The largest absolute Gasteiger partial charge is 0.481 e. The first kappa shape index (κ1) is 15.1. The monoisotopic (exact) mass is 285 g/mol. The van der Waals surface area contributed by atoms with E-state index in [1.807, 2.05) is 20.8 Å². The summed E-state index contributed by atoms with van der Waals surface area (Å²) in [5.41, 5.74) is -0.494. The SMILES string of the molecule is CC(C)(C)OC(=O)N1CC[C@H]2C(CC(=O)O)OC[C@H]2C1. The zero-order valence-corrected chi connectivity index (χ0v) is 12.3. The molecule has 2 fully saturated rings. The maximum atomic E-state index is 12.0. The smallest absolute Gasteiger partial charge is 0.410 e. The summed E-state index contributed by atoms with van der Waals surface area (Å²) in [5.74, 6) is -0.365. The molecule has 6 heteroatoms. The molecule has 1 unspecified atom stereocenters. The highest BCUT2D eigenvalue weighted by Gasteiger charge is 2.43. The first-order valence-electron chi connectivity index (χ1n) is 7.07. The fourth-order valence-corrected chi connectivity index (χ4v) is 2.96. The molecule has 114 valence electrons. The summed E-state index contributed by atoms with van der Waals surface area (Å²) in [5, 5.41) is 8.87. The highest BCUT2D eigenvalue weighted by Crippen LogP contribution is 2.36. The molecule has 2 rings (SSSR count). The first-order valence-corrected chi connectivity index (χ1v) is 7.07. The van der Waals surface area contributed by atoms with Gasteiger partial charge in [0.2, 0.25) is 0 Å².